The van der Waals surface area contributed by atoms with Gasteiger partial charge in [-0.1, -0.05) is 24.8 Å². The van der Waals surface area contributed by atoms with E-state index in [1.165, 1.54) is 5.56 Å². The number of aliphatic hydroxyl groups excluding tert-OH is 1. The highest BCUT2D eigenvalue weighted by Crippen LogP contribution is 2.20. The summed E-state index contributed by atoms with van der Waals surface area (Å²) in [6.45, 7) is 5.69. The van der Waals surface area contributed by atoms with Crippen LogP contribution in [0.4, 0.5) is 0 Å². The number of nitrogens with zero attached hydrogens (tertiary/aromatic N) is 1. The van der Waals surface area contributed by atoms with Crippen LogP contribution in [0.2, 0.25) is 0 Å². The van der Waals surface area contributed by atoms with E-state index in [0.717, 1.165) is 37.6 Å². The summed E-state index contributed by atoms with van der Waals surface area (Å²) in [4.78, 5) is 2.32. The minimum absolute atomic E-state index is 0.0790. The first kappa shape index (κ1) is 17.5. The van der Waals surface area contributed by atoms with E-state index in [0.29, 0.717) is 6.42 Å². The maximum Gasteiger partial charge on any atom is 0.134 e. The fourth-order valence-corrected chi connectivity index (χ4v) is 1.99. The van der Waals surface area contributed by atoms with Crippen LogP contribution in [0.3, 0.4) is 0 Å². The van der Waals surface area contributed by atoms with Crippen molar-refractivity contribution in [1.82, 2.24) is 4.90 Å². The number of rotatable bonds is 8. The van der Waals surface area contributed by atoms with Crippen molar-refractivity contribution in [3.05, 3.63) is 29.3 Å². The second-order valence-electron chi connectivity index (χ2n) is 4.67. The average molecular weight is 291 g/mol. The molecule has 0 aliphatic heterocycles. The Morgan fingerprint density at radius 1 is 1.29 bits per heavy atom. The quantitative estimate of drug-likeness (QED) is 0.743. The molecule has 0 heterocycles. The van der Waals surface area contributed by atoms with Gasteiger partial charge in [-0.25, -0.2) is 0 Å². The van der Waals surface area contributed by atoms with Crippen LogP contribution in [-0.4, -0.2) is 50.5 Å². The van der Waals surface area contributed by atoms with Gasteiger partial charge in [0.25, 0.3) is 0 Å². The Balaban J connectivity index is 2.84. The Hall–Kier alpha value is -1.54. The lowest BCUT2D eigenvalue weighted by atomic mass is 10.1. The number of ether oxygens (including phenoxy) is 2. The standard InChI is InChI=1S/C17H25NO3/c1-4-18(10-12-20-2)14-15-8-9-17(21-3)16(13-15)7-5-6-11-19/h8-9,13,19H,4,6,10-12,14H2,1-3H3. The second kappa shape index (κ2) is 10.2. The number of hydrogen-bond acceptors (Lipinski definition) is 4. The molecule has 0 radical (unpaired) electrons. The minimum atomic E-state index is 0.0790. The third kappa shape index (κ3) is 6.17. The van der Waals surface area contributed by atoms with Crippen LogP contribution in [0.15, 0.2) is 18.2 Å². The van der Waals surface area contributed by atoms with Gasteiger partial charge in [0.2, 0.25) is 0 Å². The Morgan fingerprint density at radius 2 is 2.10 bits per heavy atom. The van der Waals surface area contributed by atoms with Gasteiger partial charge in [0.15, 0.2) is 0 Å². The van der Waals surface area contributed by atoms with E-state index in [4.69, 9.17) is 14.6 Å². The smallest absolute Gasteiger partial charge is 0.134 e. The Labute approximate surface area is 127 Å². The molecule has 0 spiro atoms. The number of hydrogen-bond donors (Lipinski definition) is 1. The maximum atomic E-state index is 8.81. The van der Waals surface area contributed by atoms with E-state index < -0.39 is 0 Å². The van der Waals surface area contributed by atoms with Crippen molar-refractivity contribution in [2.24, 2.45) is 0 Å². The van der Waals surface area contributed by atoms with Gasteiger partial charge in [-0.05, 0) is 24.2 Å². The predicted octanol–water partition coefficient (Wildman–Crippen LogP) is 1.90. The SMILES string of the molecule is CCN(CCOC)Cc1ccc(OC)c(C#CCCO)c1. The summed E-state index contributed by atoms with van der Waals surface area (Å²) in [5, 5.41) is 8.81. The van der Waals surface area contributed by atoms with E-state index in [9.17, 15) is 0 Å². The van der Waals surface area contributed by atoms with E-state index in [2.05, 4.69) is 35.8 Å². The van der Waals surface area contributed by atoms with Crippen molar-refractivity contribution in [1.29, 1.82) is 0 Å². The van der Waals surface area contributed by atoms with Crippen LogP contribution in [0.1, 0.15) is 24.5 Å². The molecule has 0 fully saturated rings. The second-order valence-corrected chi connectivity index (χ2v) is 4.67. The lowest BCUT2D eigenvalue weighted by Crippen LogP contribution is -2.26. The van der Waals surface area contributed by atoms with Gasteiger partial charge >= 0.3 is 0 Å². The molecular formula is C17H25NO3. The summed E-state index contributed by atoms with van der Waals surface area (Å²) in [6.07, 6.45) is 0.475. The maximum absolute atomic E-state index is 8.81. The van der Waals surface area contributed by atoms with Gasteiger partial charge in [0.1, 0.15) is 5.75 Å². The van der Waals surface area contributed by atoms with Crippen LogP contribution in [0, 0.1) is 11.8 Å². The molecule has 116 valence electrons. The Bertz CT molecular complexity index is 477. The highest BCUT2D eigenvalue weighted by atomic mass is 16.5. The van der Waals surface area contributed by atoms with E-state index in [1.54, 1.807) is 14.2 Å². The average Bonchev–Trinajstić information content (AvgIpc) is 2.52. The summed E-state index contributed by atoms with van der Waals surface area (Å²) < 4.78 is 10.5. The van der Waals surface area contributed by atoms with Crippen molar-refractivity contribution in [3.8, 4) is 17.6 Å². The third-order valence-electron chi connectivity index (χ3n) is 3.19. The number of methoxy groups -OCH3 is 2. The van der Waals surface area contributed by atoms with Crippen molar-refractivity contribution in [3.63, 3.8) is 0 Å². The molecule has 21 heavy (non-hydrogen) atoms. The van der Waals surface area contributed by atoms with Crippen molar-refractivity contribution in [2.75, 3.05) is 40.5 Å². The number of aliphatic hydroxyl groups is 1. The first-order valence-corrected chi connectivity index (χ1v) is 7.23. The monoisotopic (exact) mass is 291 g/mol. The van der Waals surface area contributed by atoms with E-state index in [-0.39, 0.29) is 6.61 Å². The third-order valence-corrected chi connectivity index (χ3v) is 3.19. The van der Waals surface area contributed by atoms with Crippen molar-refractivity contribution >= 4 is 0 Å². The molecular weight excluding hydrogens is 266 g/mol. The van der Waals surface area contributed by atoms with E-state index in [1.807, 2.05) is 6.07 Å². The molecule has 1 aromatic rings. The van der Waals surface area contributed by atoms with Gasteiger partial charge in [-0.2, -0.15) is 0 Å². The normalized spacial score (nSPS) is 10.3. The number of benzene rings is 1. The van der Waals surface area contributed by atoms with Crippen molar-refractivity contribution < 1.29 is 14.6 Å². The summed E-state index contributed by atoms with van der Waals surface area (Å²) in [6, 6.07) is 6.06. The van der Waals surface area contributed by atoms with Crippen molar-refractivity contribution in [2.45, 2.75) is 19.9 Å². The molecule has 0 aliphatic carbocycles. The molecule has 0 aromatic heterocycles. The molecule has 4 heteroatoms. The fourth-order valence-electron chi connectivity index (χ4n) is 1.99. The molecule has 4 nitrogen and oxygen atoms in total. The molecule has 0 amide bonds. The molecule has 1 rings (SSSR count). The zero-order chi connectivity index (χ0) is 15.5. The van der Waals surface area contributed by atoms with Gasteiger partial charge in [0, 0.05) is 26.6 Å². The lowest BCUT2D eigenvalue weighted by Gasteiger charge is -2.20. The zero-order valence-electron chi connectivity index (χ0n) is 13.2. The lowest BCUT2D eigenvalue weighted by molar-refractivity contribution is 0.147. The summed E-state index contributed by atoms with van der Waals surface area (Å²) in [5.74, 6) is 6.77. The number of likely N-dealkylation sites (N-methyl/N-ethyl adjacent to an activating group) is 1. The minimum Gasteiger partial charge on any atom is -0.495 e. The molecule has 1 aromatic carbocycles. The van der Waals surface area contributed by atoms with Crippen LogP contribution < -0.4 is 4.74 Å². The first-order valence-electron chi connectivity index (χ1n) is 7.23. The topological polar surface area (TPSA) is 41.9 Å². The molecule has 0 bridgehead atoms. The zero-order valence-corrected chi connectivity index (χ0v) is 13.2. The van der Waals surface area contributed by atoms with Gasteiger partial charge in [-0.3, -0.25) is 4.90 Å². The first-order chi connectivity index (χ1) is 10.2. The van der Waals surface area contributed by atoms with Crippen LogP contribution in [-0.2, 0) is 11.3 Å². The summed E-state index contributed by atoms with van der Waals surface area (Å²) in [5.41, 5.74) is 2.06. The van der Waals surface area contributed by atoms with Gasteiger partial charge in [-0.15, -0.1) is 0 Å². The summed E-state index contributed by atoms with van der Waals surface area (Å²) >= 11 is 0. The molecule has 1 N–H and O–H groups in total. The van der Waals surface area contributed by atoms with Gasteiger partial charge < -0.3 is 14.6 Å². The van der Waals surface area contributed by atoms with E-state index >= 15 is 0 Å². The molecule has 0 unspecified atom stereocenters. The molecule has 0 atom stereocenters. The highest BCUT2D eigenvalue weighted by Gasteiger charge is 2.06. The highest BCUT2D eigenvalue weighted by molar-refractivity contribution is 5.48. The predicted molar refractivity (Wildman–Crippen MR) is 84.4 cm³/mol. The molecule has 0 saturated heterocycles. The fraction of sp³-hybridized carbons (Fsp3) is 0.529. The largest absolute Gasteiger partial charge is 0.495 e. The van der Waals surface area contributed by atoms with Crippen LogP contribution in [0.25, 0.3) is 0 Å². The van der Waals surface area contributed by atoms with Crippen LogP contribution in [0.5, 0.6) is 5.75 Å². The Morgan fingerprint density at radius 3 is 2.71 bits per heavy atom. The molecule has 0 saturated carbocycles. The van der Waals surface area contributed by atoms with Gasteiger partial charge in [0.05, 0.1) is 25.9 Å². The Kier molecular flexibility index (Phi) is 8.53. The van der Waals surface area contributed by atoms with Crippen LogP contribution >= 0.6 is 0 Å². The molecule has 0 aliphatic rings. The summed E-state index contributed by atoms with van der Waals surface area (Å²) in [7, 11) is 3.36.